The number of rotatable bonds is 1. The monoisotopic (exact) mass is 179 g/mol. The van der Waals surface area contributed by atoms with Gasteiger partial charge in [-0.15, -0.1) is 0 Å². The molecule has 1 aliphatic carbocycles. The van der Waals surface area contributed by atoms with E-state index in [9.17, 15) is 0 Å². The third-order valence-corrected chi connectivity index (χ3v) is 3.32. The summed E-state index contributed by atoms with van der Waals surface area (Å²) in [4.78, 5) is 0. The van der Waals surface area contributed by atoms with Crippen LogP contribution in [0.4, 0.5) is 0 Å². The highest BCUT2D eigenvalue weighted by Crippen LogP contribution is 2.26. The summed E-state index contributed by atoms with van der Waals surface area (Å²) in [6.45, 7) is 2.39. The molecule has 13 heavy (non-hydrogen) atoms. The molecule has 0 amide bonds. The van der Waals surface area contributed by atoms with Crippen LogP contribution in [0.3, 0.4) is 0 Å². The van der Waals surface area contributed by atoms with Crippen LogP contribution in [0.2, 0.25) is 0 Å². The van der Waals surface area contributed by atoms with Crippen molar-refractivity contribution in [1.82, 2.24) is 5.32 Å². The number of allylic oxidation sites excluding steroid dienone is 1. The molecule has 0 bridgehead atoms. The lowest BCUT2D eigenvalue weighted by molar-refractivity contribution is 0.415. The highest BCUT2D eigenvalue weighted by atomic mass is 14.9. The normalized spacial score (nSPS) is 29.4. The Labute approximate surface area is 81.6 Å². The minimum atomic E-state index is 0.920. The quantitative estimate of drug-likeness (QED) is 0.610. The molecular formula is C12H21N. The zero-order valence-electron chi connectivity index (χ0n) is 8.52. The summed E-state index contributed by atoms with van der Waals surface area (Å²) >= 11 is 0. The molecule has 0 aromatic rings. The van der Waals surface area contributed by atoms with Crippen molar-refractivity contribution in [3.8, 4) is 0 Å². The molecule has 1 heterocycles. The van der Waals surface area contributed by atoms with E-state index >= 15 is 0 Å². The minimum absolute atomic E-state index is 0.920. The zero-order chi connectivity index (χ0) is 8.93. The molecule has 2 fully saturated rings. The molecule has 2 aliphatic rings. The van der Waals surface area contributed by atoms with Crippen LogP contribution in [0, 0.1) is 5.92 Å². The van der Waals surface area contributed by atoms with Crippen molar-refractivity contribution in [3.63, 3.8) is 0 Å². The van der Waals surface area contributed by atoms with Crippen molar-refractivity contribution < 1.29 is 0 Å². The fourth-order valence-corrected chi connectivity index (χ4v) is 2.55. The molecular weight excluding hydrogens is 158 g/mol. The summed E-state index contributed by atoms with van der Waals surface area (Å²) in [7, 11) is 0. The number of piperidine rings is 1. The van der Waals surface area contributed by atoms with Gasteiger partial charge in [-0.1, -0.05) is 30.9 Å². The molecule has 0 aromatic heterocycles. The Kier molecular flexibility index (Phi) is 3.42. The van der Waals surface area contributed by atoms with Crippen molar-refractivity contribution in [2.75, 3.05) is 13.1 Å². The molecule has 0 unspecified atom stereocenters. The molecule has 0 spiro atoms. The van der Waals surface area contributed by atoms with E-state index in [0.29, 0.717) is 0 Å². The first-order chi connectivity index (χ1) is 6.45. The van der Waals surface area contributed by atoms with E-state index in [2.05, 4.69) is 11.4 Å². The maximum absolute atomic E-state index is 3.46. The Morgan fingerprint density at radius 3 is 2.62 bits per heavy atom. The lowest BCUT2D eigenvalue weighted by Crippen LogP contribution is -2.24. The van der Waals surface area contributed by atoms with Gasteiger partial charge in [0.2, 0.25) is 0 Å². The van der Waals surface area contributed by atoms with Crippen LogP contribution >= 0.6 is 0 Å². The Morgan fingerprint density at radius 1 is 1.08 bits per heavy atom. The third-order valence-electron chi connectivity index (χ3n) is 3.32. The number of hydrogen-bond acceptors (Lipinski definition) is 1. The lowest BCUT2D eigenvalue weighted by Gasteiger charge is -2.22. The summed E-state index contributed by atoms with van der Waals surface area (Å²) in [6.07, 6.45) is 12.6. The second-order valence-electron chi connectivity index (χ2n) is 4.50. The van der Waals surface area contributed by atoms with Crippen LogP contribution < -0.4 is 5.32 Å². The van der Waals surface area contributed by atoms with Crippen LogP contribution in [-0.2, 0) is 0 Å². The van der Waals surface area contributed by atoms with E-state index in [1.165, 1.54) is 51.5 Å². The molecule has 2 rings (SSSR count). The molecule has 1 N–H and O–H groups in total. The Balaban J connectivity index is 1.85. The highest BCUT2D eigenvalue weighted by molar-refractivity contribution is 5.08. The van der Waals surface area contributed by atoms with Gasteiger partial charge in [0.15, 0.2) is 0 Å². The van der Waals surface area contributed by atoms with E-state index in [0.717, 1.165) is 12.5 Å². The smallest absolute Gasteiger partial charge is 0.0164 e. The van der Waals surface area contributed by atoms with Crippen LogP contribution in [0.5, 0.6) is 0 Å². The lowest BCUT2D eigenvalue weighted by atomic mass is 9.87. The van der Waals surface area contributed by atoms with Gasteiger partial charge in [0.1, 0.15) is 0 Å². The maximum Gasteiger partial charge on any atom is 0.0164 e. The molecule has 0 atom stereocenters. The SMILES string of the molecule is C(=C1\CCCNC1)/C1CCCCC1. The molecule has 1 aliphatic heterocycles. The van der Waals surface area contributed by atoms with Gasteiger partial charge in [0, 0.05) is 6.54 Å². The first kappa shape index (κ1) is 9.26. The summed E-state index contributed by atoms with van der Waals surface area (Å²) in [5, 5.41) is 3.46. The van der Waals surface area contributed by atoms with E-state index < -0.39 is 0 Å². The largest absolute Gasteiger partial charge is 0.313 e. The molecule has 74 valence electrons. The van der Waals surface area contributed by atoms with Gasteiger partial charge in [0.25, 0.3) is 0 Å². The van der Waals surface area contributed by atoms with E-state index in [1.807, 2.05) is 0 Å². The van der Waals surface area contributed by atoms with Crippen LogP contribution in [0.25, 0.3) is 0 Å². The Morgan fingerprint density at radius 2 is 1.92 bits per heavy atom. The second kappa shape index (κ2) is 4.80. The maximum atomic E-state index is 3.46. The molecule has 1 saturated carbocycles. The van der Waals surface area contributed by atoms with Crippen molar-refractivity contribution in [3.05, 3.63) is 11.6 Å². The fraction of sp³-hybridized carbons (Fsp3) is 0.833. The van der Waals surface area contributed by atoms with Crippen LogP contribution in [0.1, 0.15) is 44.9 Å². The standard InChI is InChI=1S/C12H21N/c1-2-5-11(6-3-1)9-12-7-4-8-13-10-12/h9,11,13H,1-8,10H2/b12-9-. The van der Waals surface area contributed by atoms with Gasteiger partial charge < -0.3 is 5.32 Å². The predicted molar refractivity (Wildman–Crippen MR) is 56.8 cm³/mol. The van der Waals surface area contributed by atoms with Gasteiger partial charge in [-0.25, -0.2) is 0 Å². The van der Waals surface area contributed by atoms with E-state index in [1.54, 1.807) is 5.57 Å². The van der Waals surface area contributed by atoms with Gasteiger partial charge in [0.05, 0.1) is 0 Å². The minimum Gasteiger partial charge on any atom is -0.313 e. The van der Waals surface area contributed by atoms with Crippen molar-refractivity contribution in [1.29, 1.82) is 0 Å². The first-order valence-electron chi connectivity index (χ1n) is 5.85. The average molecular weight is 179 g/mol. The van der Waals surface area contributed by atoms with Gasteiger partial charge in [-0.05, 0) is 38.1 Å². The highest BCUT2D eigenvalue weighted by Gasteiger charge is 2.12. The predicted octanol–water partition coefficient (Wildman–Crippen LogP) is 2.88. The molecule has 1 saturated heterocycles. The van der Waals surface area contributed by atoms with Gasteiger partial charge >= 0.3 is 0 Å². The van der Waals surface area contributed by atoms with E-state index in [-0.39, 0.29) is 0 Å². The Bertz CT molecular complexity index is 170. The first-order valence-corrected chi connectivity index (χ1v) is 5.85. The van der Waals surface area contributed by atoms with Crippen molar-refractivity contribution in [2.45, 2.75) is 44.9 Å². The topological polar surface area (TPSA) is 12.0 Å². The third kappa shape index (κ3) is 2.84. The molecule has 0 radical (unpaired) electrons. The van der Waals surface area contributed by atoms with E-state index in [4.69, 9.17) is 0 Å². The van der Waals surface area contributed by atoms with Gasteiger partial charge in [-0.2, -0.15) is 0 Å². The Hall–Kier alpha value is -0.300. The number of hydrogen-bond donors (Lipinski definition) is 1. The summed E-state index contributed by atoms with van der Waals surface area (Å²) in [5.74, 6) is 0.920. The van der Waals surface area contributed by atoms with Crippen molar-refractivity contribution in [2.24, 2.45) is 5.92 Å². The molecule has 0 aromatic carbocycles. The molecule has 1 nitrogen and oxygen atoms in total. The summed E-state index contributed by atoms with van der Waals surface area (Å²) < 4.78 is 0. The van der Waals surface area contributed by atoms with Crippen molar-refractivity contribution >= 4 is 0 Å². The molecule has 1 heteroatoms. The van der Waals surface area contributed by atoms with Gasteiger partial charge in [-0.3, -0.25) is 0 Å². The van der Waals surface area contributed by atoms with Crippen LogP contribution in [-0.4, -0.2) is 13.1 Å². The fourth-order valence-electron chi connectivity index (χ4n) is 2.55. The summed E-state index contributed by atoms with van der Waals surface area (Å²) in [6, 6.07) is 0. The zero-order valence-corrected chi connectivity index (χ0v) is 8.52. The second-order valence-corrected chi connectivity index (χ2v) is 4.50. The van der Waals surface area contributed by atoms with Crippen LogP contribution in [0.15, 0.2) is 11.6 Å². The summed E-state index contributed by atoms with van der Waals surface area (Å²) in [5.41, 5.74) is 1.68. The average Bonchev–Trinajstić information content (AvgIpc) is 2.21. The number of nitrogens with one attached hydrogen (secondary N) is 1.